The van der Waals surface area contributed by atoms with Gasteiger partial charge in [-0.3, -0.25) is 0 Å². The van der Waals surface area contributed by atoms with Crippen LogP contribution < -0.4 is 9.47 Å². The molecule has 1 heterocycles. The second kappa shape index (κ2) is 3.50. The van der Waals surface area contributed by atoms with Crippen LogP contribution in [-0.2, 0) is 11.5 Å². The molecule has 0 fully saturated rings. The van der Waals surface area contributed by atoms with Crippen molar-refractivity contribution >= 4 is 11.8 Å². The van der Waals surface area contributed by atoms with Gasteiger partial charge in [0.2, 0.25) is 0 Å². The number of hydrogen-bond acceptors (Lipinski definition) is 3. The summed E-state index contributed by atoms with van der Waals surface area (Å²) in [6, 6.07) is 3.95. The highest BCUT2D eigenvalue weighted by molar-refractivity contribution is 7.98. The van der Waals surface area contributed by atoms with Gasteiger partial charge in [0.25, 0.3) is 0 Å². The molecule has 70 valence electrons. The van der Waals surface area contributed by atoms with Crippen molar-refractivity contribution in [3.8, 4) is 11.5 Å². The van der Waals surface area contributed by atoms with Gasteiger partial charge in [0.05, 0.1) is 14.2 Å². The summed E-state index contributed by atoms with van der Waals surface area (Å²) in [6.07, 6.45) is 0. The lowest BCUT2D eigenvalue weighted by molar-refractivity contribution is 0.398. The molecular formula is C10H12O2S. The minimum Gasteiger partial charge on any atom is -0.496 e. The predicted molar refractivity (Wildman–Crippen MR) is 54.5 cm³/mol. The van der Waals surface area contributed by atoms with E-state index in [1.165, 1.54) is 11.1 Å². The molecule has 0 amide bonds. The molecule has 2 rings (SSSR count). The maximum atomic E-state index is 5.29. The van der Waals surface area contributed by atoms with Crippen LogP contribution in [0.1, 0.15) is 11.1 Å². The highest BCUT2D eigenvalue weighted by Crippen LogP contribution is 2.41. The van der Waals surface area contributed by atoms with Crippen LogP contribution in [0.25, 0.3) is 0 Å². The summed E-state index contributed by atoms with van der Waals surface area (Å²) in [6.45, 7) is 0. The van der Waals surface area contributed by atoms with E-state index in [4.69, 9.17) is 9.47 Å². The van der Waals surface area contributed by atoms with Crippen LogP contribution in [0.2, 0.25) is 0 Å². The molecule has 3 heteroatoms. The number of benzene rings is 1. The Balaban J connectivity index is 2.52. The van der Waals surface area contributed by atoms with Crippen molar-refractivity contribution in [1.82, 2.24) is 0 Å². The van der Waals surface area contributed by atoms with E-state index in [-0.39, 0.29) is 0 Å². The van der Waals surface area contributed by atoms with Gasteiger partial charge in [-0.2, -0.15) is 11.8 Å². The first-order valence-corrected chi connectivity index (χ1v) is 5.32. The number of methoxy groups -OCH3 is 2. The Labute approximate surface area is 82.2 Å². The van der Waals surface area contributed by atoms with Crippen molar-refractivity contribution in [2.24, 2.45) is 0 Å². The second-order valence-electron chi connectivity index (χ2n) is 2.92. The molecule has 1 aliphatic rings. The zero-order valence-electron chi connectivity index (χ0n) is 7.79. The number of fused-ring (bicyclic) bond motifs is 1. The molecule has 0 aliphatic carbocycles. The number of thioether (sulfide) groups is 1. The molecule has 1 aromatic rings. The first kappa shape index (κ1) is 8.75. The molecule has 0 N–H and O–H groups in total. The molecule has 0 spiro atoms. The van der Waals surface area contributed by atoms with Gasteiger partial charge in [-0.25, -0.2) is 0 Å². The van der Waals surface area contributed by atoms with Crippen molar-refractivity contribution in [2.75, 3.05) is 14.2 Å². The van der Waals surface area contributed by atoms with Crippen LogP contribution >= 0.6 is 11.8 Å². The van der Waals surface area contributed by atoms with E-state index >= 15 is 0 Å². The Morgan fingerprint density at radius 1 is 1.00 bits per heavy atom. The van der Waals surface area contributed by atoms with Crippen LogP contribution in [0, 0.1) is 0 Å². The molecule has 0 atom stereocenters. The first-order chi connectivity index (χ1) is 6.36. The topological polar surface area (TPSA) is 18.5 Å². The second-order valence-corrected chi connectivity index (χ2v) is 3.91. The highest BCUT2D eigenvalue weighted by Gasteiger charge is 2.19. The molecule has 13 heavy (non-hydrogen) atoms. The molecule has 2 nitrogen and oxygen atoms in total. The van der Waals surface area contributed by atoms with E-state index in [2.05, 4.69) is 0 Å². The maximum Gasteiger partial charge on any atom is 0.123 e. The molecule has 0 radical (unpaired) electrons. The summed E-state index contributed by atoms with van der Waals surface area (Å²) in [5.41, 5.74) is 2.60. The van der Waals surface area contributed by atoms with Gasteiger partial charge in [-0.15, -0.1) is 0 Å². The van der Waals surface area contributed by atoms with Crippen LogP contribution in [0.3, 0.4) is 0 Å². The molecule has 1 aromatic carbocycles. The van der Waals surface area contributed by atoms with Gasteiger partial charge in [0.1, 0.15) is 11.5 Å². The van der Waals surface area contributed by atoms with Gasteiger partial charge < -0.3 is 9.47 Å². The average molecular weight is 196 g/mol. The SMILES string of the molecule is COc1ccc(OC)c2c1CSC2. The van der Waals surface area contributed by atoms with Gasteiger partial charge in [0.15, 0.2) is 0 Å². The molecule has 0 aromatic heterocycles. The Morgan fingerprint density at radius 2 is 1.46 bits per heavy atom. The maximum absolute atomic E-state index is 5.29. The minimum atomic E-state index is 0.987. The summed E-state index contributed by atoms with van der Waals surface area (Å²) in [4.78, 5) is 0. The van der Waals surface area contributed by atoms with Gasteiger partial charge in [-0.05, 0) is 12.1 Å². The smallest absolute Gasteiger partial charge is 0.123 e. The number of rotatable bonds is 2. The fourth-order valence-electron chi connectivity index (χ4n) is 1.60. The monoisotopic (exact) mass is 196 g/mol. The average Bonchev–Trinajstić information content (AvgIpc) is 2.64. The lowest BCUT2D eigenvalue weighted by atomic mass is 10.1. The van der Waals surface area contributed by atoms with Crippen LogP contribution in [0.4, 0.5) is 0 Å². The van der Waals surface area contributed by atoms with E-state index in [0.717, 1.165) is 23.0 Å². The standard InChI is InChI=1S/C10H12O2S/c1-11-9-3-4-10(12-2)8-6-13-5-7(8)9/h3-4H,5-6H2,1-2H3. The number of hydrogen-bond donors (Lipinski definition) is 0. The highest BCUT2D eigenvalue weighted by atomic mass is 32.2. The molecule has 0 saturated heterocycles. The lowest BCUT2D eigenvalue weighted by Gasteiger charge is -2.09. The summed E-state index contributed by atoms with van der Waals surface area (Å²) in [7, 11) is 3.43. The van der Waals surface area contributed by atoms with Crippen LogP contribution in [0.15, 0.2) is 12.1 Å². The largest absolute Gasteiger partial charge is 0.496 e. The van der Waals surface area contributed by atoms with E-state index in [1.54, 1.807) is 14.2 Å². The third-order valence-corrected chi connectivity index (χ3v) is 3.26. The Bertz CT molecular complexity index is 292. The van der Waals surface area contributed by atoms with Crippen molar-refractivity contribution in [3.63, 3.8) is 0 Å². The van der Waals surface area contributed by atoms with Crippen molar-refractivity contribution < 1.29 is 9.47 Å². The molecular weight excluding hydrogens is 184 g/mol. The zero-order chi connectivity index (χ0) is 9.26. The lowest BCUT2D eigenvalue weighted by Crippen LogP contribution is -1.94. The summed E-state index contributed by atoms with van der Waals surface area (Å²) >= 11 is 1.90. The summed E-state index contributed by atoms with van der Waals surface area (Å²) in [5.74, 6) is 4.05. The predicted octanol–water partition coefficient (Wildman–Crippen LogP) is 2.45. The van der Waals surface area contributed by atoms with E-state index in [1.807, 2.05) is 23.9 Å². The normalized spacial score (nSPS) is 14.0. The third kappa shape index (κ3) is 1.37. The summed E-state index contributed by atoms with van der Waals surface area (Å²) < 4.78 is 10.6. The molecule has 0 saturated carbocycles. The van der Waals surface area contributed by atoms with E-state index < -0.39 is 0 Å². The third-order valence-electron chi connectivity index (χ3n) is 2.28. The Hall–Kier alpha value is -0.830. The Morgan fingerprint density at radius 3 is 1.85 bits per heavy atom. The van der Waals surface area contributed by atoms with Crippen molar-refractivity contribution in [3.05, 3.63) is 23.3 Å². The molecule has 0 bridgehead atoms. The fraction of sp³-hybridized carbons (Fsp3) is 0.400. The first-order valence-electron chi connectivity index (χ1n) is 4.17. The quantitative estimate of drug-likeness (QED) is 0.724. The molecule has 1 aliphatic heterocycles. The van der Waals surface area contributed by atoms with E-state index in [9.17, 15) is 0 Å². The summed E-state index contributed by atoms with van der Waals surface area (Å²) in [5, 5.41) is 0. The minimum absolute atomic E-state index is 0.987. The van der Waals surface area contributed by atoms with E-state index in [0.29, 0.717) is 0 Å². The van der Waals surface area contributed by atoms with Crippen molar-refractivity contribution in [2.45, 2.75) is 11.5 Å². The van der Waals surface area contributed by atoms with Gasteiger partial charge in [0, 0.05) is 22.6 Å². The van der Waals surface area contributed by atoms with Crippen molar-refractivity contribution in [1.29, 1.82) is 0 Å². The molecule has 0 unspecified atom stereocenters. The Kier molecular flexibility index (Phi) is 2.36. The zero-order valence-corrected chi connectivity index (χ0v) is 8.61. The number of ether oxygens (including phenoxy) is 2. The van der Waals surface area contributed by atoms with Crippen LogP contribution in [0.5, 0.6) is 11.5 Å². The van der Waals surface area contributed by atoms with Gasteiger partial charge >= 0.3 is 0 Å². The van der Waals surface area contributed by atoms with Crippen LogP contribution in [-0.4, -0.2) is 14.2 Å². The van der Waals surface area contributed by atoms with Gasteiger partial charge in [-0.1, -0.05) is 0 Å². The fourth-order valence-corrected chi connectivity index (χ4v) is 2.75.